The van der Waals surface area contributed by atoms with Gasteiger partial charge in [-0.25, -0.2) is 0 Å². The van der Waals surface area contributed by atoms with E-state index in [1.165, 1.54) is 4.79 Å². The Balaban J connectivity index is 1.73. The lowest BCUT2D eigenvalue weighted by atomic mass is 10.2. The van der Waals surface area contributed by atoms with Gasteiger partial charge in [-0.3, -0.25) is 0 Å². The number of benzene rings is 2. The predicted molar refractivity (Wildman–Crippen MR) is 107 cm³/mol. The molecule has 1 heterocycles. The van der Waals surface area contributed by atoms with Crippen molar-refractivity contribution in [2.24, 2.45) is 0 Å². The summed E-state index contributed by atoms with van der Waals surface area (Å²) < 4.78 is 12.1. The van der Waals surface area contributed by atoms with Crippen LogP contribution in [0.3, 0.4) is 0 Å². The first-order chi connectivity index (χ1) is 13.0. The second kappa shape index (κ2) is 8.64. The summed E-state index contributed by atoms with van der Waals surface area (Å²) in [7, 11) is 1.58. The Bertz CT molecular complexity index is 953. The Hall–Kier alpha value is -2.23. The van der Waals surface area contributed by atoms with Crippen molar-refractivity contribution in [2.45, 2.75) is 13.2 Å². The van der Waals surface area contributed by atoms with Crippen LogP contribution in [0.2, 0.25) is 10.0 Å². The van der Waals surface area contributed by atoms with E-state index in [1.54, 1.807) is 19.2 Å². The van der Waals surface area contributed by atoms with Crippen molar-refractivity contribution >= 4 is 45.1 Å². The molecule has 8 nitrogen and oxygen atoms in total. The third-order valence-corrected chi connectivity index (χ3v) is 5.10. The highest BCUT2D eigenvalue weighted by Gasteiger charge is 2.12. The van der Waals surface area contributed by atoms with Gasteiger partial charge in [-0.15, -0.1) is 4.79 Å². The molecule has 0 saturated carbocycles. The topological polar surface area (TPSA) is 100 Å². The Morgan fingerprint density at radius 2 is 2.00 bits per heavy atom. The van der Waals surface area contributed by atoms with E-state index in [0.29, 0.717) is 34.7 Å². The van der Waals surface area contributed by atoms with Crippen molar-refractivity contribution in [2.75, 3.05) is 18.3 Å². The van der Waals surface area contributed by atoms with Crippen molar-refractivity contribution in [3.63, 3.8) is 0 Å². The summed E-state index contributed by atoms with van der Waals surface area (Å²) in [5.41, 5.74) is 10.4. The molecule has 0 atom stereocenters. The zero-order valence-corrected chi connectivity index (χ0v) is 17.2. The number of tetrazole rings is 1. The quantitative estimate of drug-likeness (QED) is 0.540. The molecule has 1 aromatic heterocycles. The predicted octanol–water partition coefficient (Wildman–Crippen LogP) is 3.66. The molecule has 3 N–H and O–H groups in total. The summed E-state index contributed by atoms with van der Waals surface area (Å²) in [5, 5.41) is 11.8. The van der Waals surface area contributed by atoms with Crippen molar-refractivity contribution in [3.8, 4) is 11.5 Å². The Morgan fingerprint density at radius 3 is 2.67 bits per heavy atom. The van der Waals surface area contributed by atoms with Gasteiger partial charge < -0.3 is 20.6 Å². The van der Waals surface area contributed by atoms with Crippen LogP contribution in [0.25, 0.3) is 0 Å². The lowest BCUT2D eigenvalue weighted by Gasteiger charge is -2.15. The number of aromatic nitrogens is 4. The van der Waals surface area contributed by atoms with Crippen LogP contribution < -0.4 is 20.6 Å². The monoisotopic (exact) mass is 472 g/mol. The van der Waals surface area contributed by atoms with E-state index in [1.807, 2.05) is 18.2 Å². The second-order valence-corrected chi connectivity index (χ2v) is 7.08. The van der Waals surface area contributed by atoms with Gasteiger partial charge in [0, 0.05) is 4.47 Å². The highest BCUT2D eigenvalue weighted by Crippen LogP contribution is 2.34. The lowest BCUT2D eigenvalue weighted by Crippen LogP contribution is -2.18. The number of hydrogen-bond donors (Lipinski definition) is 2. The van der Waals surface area contributed by atoms with E-state index in [0.717, 1.165) is 15.6 Å². The van der Waals surface area contributed by atoms with Crippen molar-refractivity contribution in [1.29, 1.82) is 0 Å². The third-order valence-electron chi connectivity index (χ3n) is 3.62. The van der Waals surface area contributed by atoms with Gasteiger partial charge in [0.1, 0.15) is 6.61 Å². The van der Waals surface area contributed by atoms with E-state index in [4.69, 9.17) is 38.4 Å². The maximum atomic E-state index is 6.04. The van der Waals surface area contributed by atoms with Crippen molar-refractivity contribution in [3.05, 3.63) is 56.0 Å². The maximum Gasteiger partial charge on any atom is 0.260 e. The van der Waals surface area contributed by atoms with Crippen LogP contribution in [0.15, 0.2) is 34.8 Å². The van der Waals surface area contributed by atoms with E-state index < -0.39 is 0 Å². The minimum absolute atomic E-state index is 0.166. The van der Waals surface area contributed by atoms with Gasteiger partial charge in [0.2, 0.25) is 0 Å². The largest absolute Gasteiger partial charge is 0.493 e. The van der Waals surface area contributed by atoms with Gasteiger partial charge in [-0.05, 0) is 45.8 Å². The van der Waals surface area contributed by atoms with E-state index in [-0.39, 0.29) is 5.95 Å². The fourth-order valence-electron chi connectivity index (χ4n) is 2.24. The molecule has 0 spiro atoms. The molecule has 11 heteroatoms. The average Bonchev–Trinajstić information content (AvgIpc) is 3.06. The molecule has 27 heavy (non-hydrogen) atoms. The molecule has 0 unspecified atom stereocenters. The molecule has 0 bridgehead atoms. The molecule has 3 rings (SSSR count). The lowest BCUT2D eigenvalue weighted by molar-refractivity contribution is 0.284. The molecule has 3 aromatic rings. The SMILES string of the molecule is COc1cc(CNn2nnnc2N)c(Br)cc1OCc1ccc(Cl)c(Cl)c1. The van der Waals surface area contributed by atoms with Crippen molar-refractivity contribution in [1.82, 2.24) is 20.3 Å². The van der Waals surface area contributed by atoms with E-state index >= 15 is 0 Å². The molecular weight excluding hydrogens is 459 g/mol. The molecule has 0 aliphatic carbocycles. The molecule has 0 amide bonds. The highest BCUT2D eigenvalue weighted by molar-refractivity contribution is 9.10. The molecule has 0 radical (unpaired) electrons. The molecule has 2 aromatic carbocycles. The second-order valence-electron chi connectivity index (χ2n) is 5.42. The maximum absolute atomic E-state index is 6.04. The van der Waals surface area contributed by atoms with Crippen LogP contribution in [-0.2, 0) is 13.2 Å². The standard InChI is InChI=1S/C16H15BrCl2N6O2/c1-26-14-5-10(7-21-25-16(20)22-23-24-25)11(17)6-15(14)27-8-9-2-3-12(18)13(19)4-9/h2-6,21H,7-8H2,1H3,(H2,20,22,24). The minimum atomic E-state index is 0.166. The van der Waals surface area contributed by atoms with Crippen LogP contribution in [0.5, 0.6) is 11.5 Å². The fraction of sp³-hybridized carbons (Fsp3) is 0.188. The number of anilines is 1. The Labute approximate surface area is 173 Å². The summed E-state index contributed by atoms with van der Waals surface area (Å²) in [6, 6.07) is 9.03. The number of nitrogens with zero attached hydrogens (tertiary/aromatic N) is 4. The Morgan fingerprint density at radius 1 is 1.19 bits per heavy atom. The smallest absolute Gasteiger partial charge is 0.260 e. The summed E-state index contributed by atoms with van der Waals surface area (Å²) in [6.45, 7) is 0.734. The van der Waals surface area contributed by atoms with Crippen LogP contribution in [0.4, 0.5) is 5.95 Å². The van der Waals surface area contributed by atoms with Gasteiger partial charge in [-0.1, -0.05) is 50.3 Å². The first-order valence-electron chi connectivity index (χ1n) is 7.69. The first kappa shape index (κ1) is 19.5. The van der Waals surface area contributed by atoms with Crippen molar-refractivity contribution < 1.29 is 9.47 Å². The van der Waals surface area contributed by atoms with Gasteiger partial charge in [-0.2, -0.15) is 0 Å². The van der Waals surface area contributed by atoms with Gasteiger partial charge in [0.25, 0.3) is 5.95 Å². The van der Waals surface area contributed by atoms with E-state index in [9.17, 15) is 0 Å². The molecular formula is C16H15BrCl2N6O2. The summed E-state index contributed by atoms with van der Waals surface area (Å²) in [5.74, 6) is 1.33. The molecule has 142 valence electrons. The van der Waals surface area contributed by atoms with Crippen LogP contribution >= 0.6 is 39.1 Å². The zero-order chi connectivity index (χ0) is 19.4. The number of ether oxygens (including phenoxy) is 2. The molecule has 0 aliphatic heterocycles. The molecule has 0 aliphatic rings. The third kappa shape index (κ3) is 4.74. The summed E-state index contributed by atoms with van der Waals surface area (Å²) >= 11 is 15.5. The van der Waals surface area contributed by atoms with Crippen LogP contribution in [0.1, 0.15) is 11.1 Å². The number of halogens is 3. The number of nitrogen functional groups attached to an aromatic ring is 1. The van der Waals surface area contributed by atoms with Crippen LogP contribution in [0, 0.1) is 0 Å². The van der Waals surface area contributed by atoms with Gasteiger partial charge in [0.05, 0.1) is 23.7 Å². The first-order valence-corrected chi connectivity index (χ1v) is 9.23. The number of nitrogens with two attached hydrogens (primary N) is 1. The molecule has 0 saturated heterocycles. The number of nitrogens with one attached hydrogen (secondary N) is 1. The summed E-state index contributed by atoms with van der Waals surface area (Å²) in [6.07, 6.45) is 0. The number of methoxy groups -OCH3 is 1. The number of rotatable bonds is 7. The zero-order valence-electron chi connectivity index (χ0n) is 14.1. The average molecular weight is 474 g/mol. The number of hydrogen-bond acceptors (Lipinski definition) is 7. The van der Waals surface area contributed by atoms with Crippen LogP contribution in [-0.4, -0.2) is 27.4 Å². The highest BCUT2D eigenvalue weighted by atomic mass is 79.9. The Kier molecular flexibility index (Phi) is 6.25. The van der Waals surface area contributed by atoms with Gasteiger partial charge in [0.15, 0.2) is 11.5 Å². The van der Waals surface area contributed by atoms with E-state index in [2.05, 4.69) is 36.9 Å². The normalized spacial score (nSPS) is 10.7. The van der Waals surface area contributed by atoms with Gasteiger partial charge >= 0.3 is 0 Å². The fourth-order valence-corrected chi connectivity index (χ4v) is 3.03. The molecule has 0 fully saturated rings. The minimum Gasteiger partial charge on any atom is -0.493 e. The summed E-state index contributed by atoms with van der Waals surface area (Å²) in [4.78, 5) is 1.29.